The first-order valence-electron chi connectivity index (χ1n) is 26.7. The molecule has 2 aromatic heterocycles. The lowest BCUT2D eigenvalue weighted by Crippen LogP contribution is -2.68. The van der Waals surface area contributed by atoms with Crippen LogP contribution < -0.4 is 29.1 Å². The number of hydrogen-bond acceptors (Lipinski definition) is 14. The van der Waals surface area contributed by atoms with Crippen molar-refractivity contribution in [3.05, 3.63) is 136 Å². The van der Waals surface area contributed by atoms with Gasteiger partial charge in [0.1, 0.15) is 40.9 Å². The summed E-state index contributed by atoms with van der Waals surface area (Å²) in [7, 11) is -4.65. The van der Waals surface area contributed by atoms with Crippen molar-refractivity contribution in [2.75, 3.05) is 56.1 Å². The van der Waals surface area contributed by atoms with E-state index < -0.39 is 42.9 Å². The molecule has 17 nitrogen and oxygen atoms in total. The number of halogens is 1. The molecular weight excluding hydrogens is 1000 g/mol. The summed E-state index contributed by atoms with van der Waals surface area (Å²) in [5.74, 6) is 0.717. The van der Waals surface area contributed by atoms with E-state index in [0.29, 0.717) is 43.6 Å². The van der Waals surface area contributed by atoms with Crippen LogP contribution in [0.25, 0.3) is 11.0 Å². The number of pyridine rings is 1. The highest BCUT2D eigenvalue weighted by Crippen LogP contribution is 2.54. The van der Waals surface area contributed by atoms with Gasteiger partial charge in [-0.3, -0.25) is 24.7 Å². The Bertz CT molecular complexity index is 3340. The predicted octanol–water partition coefficient (Wildman–Crippen LogP) is 10.1. The van der Waals surface area contributed by atoms with Crippen LogP contribution in [0.2, 0.25) is 0 Å². The molecule has 0 radical (unpaired) electrons. The van der Waals surface area contributed by atoms with Crippen molar-refractivity contribution in [3.63, 3.8) is 0 Å². The van der Waals surface area contributed by atoms with Gasteiger partial charge in [0.25, 0.3) is 21.6 Å². The van der Waals surface area contributed by atoms with E-state index in [-0.39, 0.29) is 51.1 Å². The molecule has 11 rings (SSSR count). The Morgan fingerprint density at radius 3 is 2.56 bits per heavy atom. The van der Waals surface area contributed by atoms with Gasteiger partial charge in [-0.15, -0.1) is 0 Å². The minimum absolute atomic E-state index is 0.0120. The Kier molecular flexibility index (Phi) is 13.7. The number of aliphatic hydroxyl groups is 1. The van der Waals surface area contributed by atoms with E-state index >= 15 is 0 Å². The van der Waals surface area contributed by atoms with Crippen LogP contribution in [0, 0.1) is 27.3 Å². The number of carbonyl (C=O) groups excluding carboxylic acids is 1. The van der Waals surface area contributed by atoms with Gasteiger partial charge < -0.3 is 34.5 Å². The number of benzene rings is 4. The normalized spacial score (nSPS) is 22.4. The summed E-state index contributed by atoms with van der Waals surface area (Å²) >= 11 is 0. The zero-order valence-corrected chi connectivity index (χ0v) is 45.0. The number of nitrogens with zero attached hydrogens (tertiary/aromatic N) is 5. The quantitative estimate of drug-likeness (QED) is 0.0558. The maximum atomic E-state index is 14.8. The number of nitro benzene ring substituents is 1. The lowest BCUT2D eigenvalue weighted by Gasteiger charge is -2.63. The molecule has 5 aliphatic rings. The molecule has 4 aromatic carbocycles. The number of rotatable bonds is 15. The second kappa shape index (κ2) is 20.2. The first-order valence-corrected chi connectivity index (χ1v) is 28.2. The largest absolute Gasteiger partial charge is 0.485 e. The molecule has 19 heteroatoms. The van der Waals surface area contributed by atoms with E-state index in [2.05, 4.69) is 85.0 Å². The standard InChI is InChI=1S/C58H67FN8O9S/c1-36(2)43-10-6-7-11-44(43)50-32-64(31-38-9-8-12-51-53(38)74-35-56(3,4)76-51)21-22-66(50)40-26-58(27-40)33-65(34-58)39-13-15-45(52(23-39)75-41-24-46-47(59)30-62-54(46)61-29-41)55(68)63-77(72,73)42-14-16-48(49(25-42)67(70)71)60-28-37-17-19-57(5,69)20-18-37/h6-16,23-25,29-30,36-37,40,50,60,69H,17-22,26-28,31-35H2,1-5H3,(H,61,62)(H,63,68)/t37?,50-,57?/m0/s1. The van der Waals surface area contributed by atoms with Crippen LogP contribution in [0.15, 0.2) is 102 Å². The molecule has 5 heterocycles. The molecule has 406 valence electrons. The highest BCUT2D eigenvalue weighted by atomic mass is 32.2. The SMILES string of the molecule is CC(C)c1ccccc1[C@@H]1CN(Cc2cccc3c2OCC(C)(C)O3)CCN1C1CC2(C1)CN(c1ccc(C(=O)NS(=O)(=O)c3ccc(NCC4CCC(C)(O)CC4)c([N+](=O)[O-])c3)c(Oc3cnc4[nH]cc(F)c4c3)c1)C2. The second-order valence-electron chi connectivity index (χ2n) is 23.3. The van der Waals surface area contributed by atoms with Gasteiger partial charge in [0, 0.05) is 92.9 Å². The van der Waals surface area contributed by atoms with E-state index in [4.69, 9.17) is 14.2 Å². The molecule has 2 saturated heterocycles. The number of carbonyl (C=O) groups is 1. The van der Waals surface area contributed by atoms with Crippen molar-refractivity contribution in [2.45, 2.75) is 114 Å². The Hall–Kier alpha value is -6.80. The molecule has 4 N–H and O–H groups in total. The van der Waals surface area contributed by atoms with Crippen LogP contribution in [-0.4, -0.2) is 107 Å². The topological polar surface area (TPSA) is 205 Å². The van der Waals surface area contributed by atoms with Gasteiger partial charge >= 0.3 is 0 Å². The Morgan fingerprint density at radius 2 is 1.79 bits per heavy atom. The fraction of sp³-hybridized carbons (Fsp3) is 0.448. The lowest BCUT2D eigenvalue weighted by atomic mass is 9.59. The molecular formula is C58H67FN8O9S. The number of nitrogens with one attached hydrogen (secondary N) is 3. The number of ether oxygens (including phenoxy) is 3. The van der Waals surface area contributed by atoms with Crippen molar-refractivity contribution in [1.82, 2.24) is 24.5 Å². The van der Waals surface area contributed by atoms with Crippen molar-refractivity contribution in [3.8, 4) is 23.0 Å². The van der Waals surface area contributed by atoms with Gasteiger partial charge in [0.15, 0.2) is 11.5 Å². The Morgan fingerprint density at radius 1 is 1.01 bits per heavy atom. The molecule has 0 unspecified atom stereocenters. The molecule has 2 saturated carbocycles. The summed E-state index contributed by atoms with van der Waals surface area (Å²) in [6.45, 7) is 16.3. The third-order valence-corrected chi connectivity index (χ3v) is 17.8. The Balaban J connectivity index is 0.795. The maximum Gasteiger partial charge on any atom is 0.293 e. The van der Waals surface area contributed by atoms with E-state index in [9.17, 15) is 32.8 Å². The van der Waals surface area contributed by atoms with E-state index in [1.807, 2.05) is 19.9 Å². The zero-order chi connectivity index (χ0) is 54.0. The maximum absolute atomic E-state index is 14.8. The number of aromatic amines is 1. The van der Waals surface area contributed by atoms with Gasteiger partial charge in [-0.05, 0) is 119 Å². The van der Waals surface area contributed by atoms with Gasteiger partial charge in [0.2, 0.25) is 0 Å². The molecule has 4 fully saturated rings. The van der Waals surface area contributed by atoms with Gasteiger partial charge in [-0.25, -0.2) is 22.5 Å². The van der Waals surface area contributed by atoms with Crippen LogP contribution in [0.4, 0.5) is 21.5 Å². The summed E-state index contributed by atoms with van der Waals surface area (Å²) in [4.78, 5) is 39.8. The van der Waals surface area contributed by atoms with Crippen molar-refractivity contribution in [1.29, 1.82) is 0 Å². The summed E-state index contributed by atoms with van der Waals surface area (Å²) in [5.41, 5.74) is 3.42. The first-order chi connectivity index (χ1) is 36.7. The highest BCUT2D eigenvalue weighted by Gasteiger charge is 2.55. The van der Waals surface area contributed by atoms with Crippen LogP contribution in [0.3, 0.4) is 0 Å². The number of piperazine rings is 1. The van der Waals surface area contributed by atoms with E-state index in [0.717, 1.165) is 93.8 Å². The molecule has 2 aliphatic carbocycles. The number of nitro groups is 1. The number of amides is 1. The second-order valence-corrected chi connectivity index (χ2v) is 24.9. The van der Waals surface area contributed by atoms with Gasteiger partial charge in [0.05, 0.1) is 32.6 Å². The fourth-order valence-electron chi connectivity index (χ4n) is 12.3. The number of fused-ring (bicyclic) bond motifs is 2. The number of sulfonamides is 1. The monoisotopic (exact) mass is 1070 g/mol. The summed E-state index contributed by atoms with van der Waals surface area (Å²) in [6, 6.07) is 25.5. The van der Waals surface area contributed by atoms with Crippen molar-refractivity contribution in [2.24, 2.45) is 11.3 Å². The van der Waals surface area contributed by atoms with Gasteiger partial charge in [-0.2, -0.15) is 0 Å². The van der Waals surface area contributed by atoms with Crippen LogP contribution in [-0.2, 0) is 16.6 Å². The number of H-pyrrole nitrogens is 1. The zero-order valence-electron chi connectivity index (χ0n) is 44.2. The van der Waals surface area contributed by atoms with E-state index in [1.54, 1.807) is 19.1 Å². The number of para-hydroxylation sites is 1. The smallest absolute Gasteiger partial charge is 0.293 e. The minimum atomic E-state index is -4.65. The number of aromatic nitrogens is 2. The highest BCUT2D eigenvalue weighted by molar-refractivity contribution is 7.90. The molecule has 0 bridgehead atoms. The van der Waals surface area contributed by atoms with E-state index in [1.165, 1.54) is 47.8 Å². The number of hydrogen-bond donors (Lipinski definition) is 4. The van der Waals surface area contributed by atoms with Crippen molar-refractivity contribution < 1.29 is 41.8 Å². The number of anilines is 2. The van der Waals surface area contributed by atoms with Crippen LogP contribution in [0.1, 0.15) is 112 Å². The molecule has 1 spiro atoms. The van der Waals surface area contributed by atoms with Gasteiger partial charge in [-0.1, -0.05) is 50.2 Å². The summed E-state index contributed by atoms with van der Waals surface area (Å²) in [5, 5.41) is 25.9. The van der Waals surface area contributed by atoms with Crippen molar-refractivity contribution >= 4 is 44.0 Å². The molecule has 6 aromatic rings. The predicted molar refractivity (Wildman–Crippen MR) is 291 cm³/mol. The third kappa shape index (κ3) is 10.8. The first kappa shape index (κ1) is 52.3. The molecule has 1 atom stereocenters. The average molecular weight is 1070 g/mol. The minimum Gasteiger partial charge on any atom is -0.485 e. The third-order valence-electron chi connectivity index (χ3n) is 16.5. The molecule has 3 aliphatic heterocycles. The fourth-order valence-corrected chi connectivity index (χ4v) is 13.2. The van der Waals surface area contributed by atoms with Crippen LogP contribution in [0.5, 0.6) is 23.0 Å². The lowest BCUT2D eigenvalue weighted by molar-refractivity contribution is -0.384. The average Bonchev–Trinajstić information content (AvgIpc) is 3.83. The van der Waals surface area contributed by atoms with Crippen LogP contribution >= 0.6 is 0 Å². The Labute approximate surface area is 448 Å². The summed E-state index contributed by atoms with van der Waals surface area (Å²) in [6.07, 6.45) is 7.32. The molecule has 1 amide bonds. The summed E-state index contributed by atoms with van der Waals surface area (Å²) < 4.78 is 63.5. The molecule has 77 heavy (non-hydrogen) atoms.